The second-order valence-corrected chi connectivity index (χ2v) is 5.03. The van der Waals surface area contributed by atoms with Gasteiger partial charge in [-0.2, -0.15) is 13.2 Å². The average molecular weight is 343 g/mol. The van der Waals surface area contributed by atoms with E-state index in [0.717, 1.165) is 12.1 Å². The van der Waals surface area contributed by atoms with E-state index < -0.39 is 17.4 Å². The first-order valence-electron chi connectivity index (χ1n) is 5.15. The number of halogens is 6. The number of benzene rings is 1. The van der Waals surface area contributed by atoms with Crippen LogP contribution in [-0.2, 0) is 6.18 Å². The fourth-order valence-electron chi connectivity index (χ4n) is 1.60. The standard InChI is InChI=1S/C12H5Cl3F3NO/c13-7-2-1-6(10(14)11(7)15)5-3-8(12(16,17)18)19-9(20)4-5/h1-4H,(H,19,20). The van der Waals surface area contributed by atoms with E-state index in [2.05, 4.69) is 0 Å². The summed E-state index contributed by atoms with van der Waals surface area (Å²) in [7, 11) is 0. The molecule has 8 heteroatoms. The average Bonchev–Trinajstić information content (AvgIpc) is 2.34. The number of hydrogen-bond donors (Lipinski definition) is 1. The van der Waals surface area contributed by atoms with Crippen LogP contribution in [0.2, 0.25) is 15.1 Å². The predicted molar refractivity (Wildman–Crippen MR) is 72.5 cm³/mol. The predicted octanol–water partition coefficient (Wildman–Crippen LogP) is 5.02. The van der Waals surface area contributed by atoms with Gasteiger partial charge in [-0.05, 0) is 17.7 Å². The molecule has 1 heterocycles. The van der Waals surface area contributed by atoms with Gasteiger partial charge in [0, 0.05) is 11.6 Å². The Hall–Kier alpha value is -1.17. The van der Waals surface area contributed by atoms with Crippen molar-refractivity contribution in [3.05, 3.63) is 55.4 Å². The minimum atomic E-state index is -4.67. The normalized spacial score (nSPS) is 11.7. The van der Waals surface area contributed by atoms with Gasteiger partial charge in [0.05, 0.1) is 15.1 Å². The summed E-state index contributed by atoms with van der Waals surface area (Å²) in [6, 6.07) is 4.57. The number of H-pyrrole nitrogens is 1. The molecule has 0 saturated heterocycles. The molecule has 0 atom stereocenters. The zero-order valence-corrected chi connectivity index (χ0v) is 11.8. The van der Waals surface area contributed by atoms with E-state index in [1.807, 2.05) is 0 Å². The number of nitrogens with one attached hydrogen (secondary N) is 1. The van der Waals surface area contributed by atoms with E-state index in [1.54, 1.807) is 4.98 Å². The van der Waals surface area contributed by atoms with Crippen LogP contribution in [0.25, 0.3) is 11.1 Å². The smallest absolute Gasteiger partial charge is 0.318 e. The van der Waals surface area contributed by atoms with Gasteiger partial charge in [0.2, 0.25) is 5.56 Å². The van der Waals surface area contributed by atoms with E-state index in [4.69, 9.17) is 34.8 Å². The van der Waals surface area contributed by atoms with Crippen LogP contribution in [0.1, 0.15) is 5.69 Å². The van der Waals surface area contributed by atoms with Crippen LogP contribution in [0.5, 0.6) is 0 Å². The molecule has 2 nitrogen and oxygen atoms in total. The van der Waals surface area contributed by atoms with E-state index in [0.29, 0.717) is 0 Å². The van der Waals surface area contributed by atoms with Crippen molar-refractivity contribution in [2.24, 2.45) is 0 Å². The van der Waals surface area contributed by atoms with Crippen LogP contribution < -0.4 is 5.56 Å². The van der Waals surface area contributed by atoms with Gasteiger partial charge in [-0.15, -0.1) is 0 Å². The highest BCUT2D eigenvalue weighted by atomic mass is 35.5. The van der Waals surface area contributed by atoms with Crippen LogP contribution in [-0.4, -0.2) is 4.98 Å². The lowest BCUT2D eigenvalue weighted by Gasteiger charge is -2.10. The number of aromatic amines is 1. The van der Waals surface area contributed by atoms with Crippen molar-refractivity contribution in [2.75, 3.05) is 0 Å². The molecule has 106 valence electrons. The lowest BCUT2D eigenvalue weighted by Crippen LogP contribution is -2.15. The lowest BCUT2D eigenvalue weighted by atomic mass is 10.1. The first-order valence-corrected chi connectivity index (χ1v) is 6.29. The summed E-state index contributed by atoms with van der Waals surface area (Å²) in [6.45, 7) is 0. The largest absolute Gasteiger partial charge is 0.431 e. The number of pyridine rings is 1. The van der Waals surface area contributed by atoms with E-state index in [1.165, 1.54) is 12.1 Å². The van der Waals surface area contributed by atoms with E-state index in [9.17, 15) is 18.0 Å². The molecule has 0 saturated carbocycles. The molecule has 0 aliphatic heterocycles. The Morgan fingerprint density at radius 1 is 1.00 bits per heavy atom. The molecular weight excluding hydrogens is 337 g/mol. The molecule has 0 fully saturated rings. The first kappa shape index (κ1) is 15.2. The number of hydrogen-bond acceptors (Lipinski definition) is 1. The Balaban J connectivity index is 2.68. The van der Waals surface area contributed by atoms with Gasteiger partial charge in [0.25, 0.3) is 0 Å². The Labute approximate surface area is 126 Å². The molecular formula is C12H5Cl3F3NO. The molecule has 0 bridgehead atoms. The van der Waals surface area contributed by atoms with Crippen LogP contribution in [0, 0.1) is 0 Å². The van der Waals surface area contributed by atoms with Gasteiger partial charge in [0.15, 0.2) is 0 Å². The number of alkyl halides is 3. The molecule has 0 aliphatic rings. The molecule has 2 aromatic rings. The molecule has 0 unspecified atom stereocenters. The summed E-state index contributed by atoms with van der Waals surface area (Å²) < 4.78 is 38.0. The molecule has 1 aromatic heterocycles. The summed E-state index contributed by atoms with van der Waals surface area (Å²) in [4.78, 5) is 13.1. The maximum absolute atomic E-state index is 12.7. The highest BCUT2D eigenvalue weighted by molar-refractivity contribution is 6.49. The van der Waals surface area contributed by atoms with Crippen molar-refractivity contribution < 1.29 is 13.2 Å². The van der Waals surface area contributed by atoms with Crippen molar-refractivity contribution >= 4 is 34.8 Å². The molecule has 1 N–H and O–H groups in total. The van der Waals surface area contributed by atoms with Gasteiger partial charge < -0.3 is 4.98 Å². The molecule has 0 amide bonds. The van der Waals surface area contributed by atoms with Crippen molar-refractivity contribution in [2.45, 2.75) is 6.18 Å². The minimum absolute atomic E-state index is 0.00430. The minimum Gasteiger partial charge on any atom is -0.318 e. The SMILES string of the molecule is O=c1cc(-c2ccc(Cl)c(Cl)c2Cl)cc(C(F)(F)F)[nH]1. The third kappa shape index (κ3) is 2.95. The highest BCUT2D eigenvalue weighted by Gasteiger charge is 2.32. The summed E-state index contributed by atoms with van der Waals surface area (Å²) in [5, 5.41) is 0.166. The van der Waals surface area contributed by atoms with E-state index in [-0.39, 0.29) is 26.2 Å². The van der Waals surface area contributed by atoms with Crippen LogP contribution >= 0.6 is 34.8 Å². The monoisotopic (exact) mass is 341 g/mol. The van der Waals surface area contributed by atoms with Gasteiger partial charge in [-0.1, -0.05) is 40.9 Å². The third-order valence-electron chi connectivity index (χ3n) is 2.50. The number of aromatic nitrogens is 1. The molecule has 0 radical (unpaired) electrons. The maximum atomic E-state index is 12.7. The van der Waals surface area contributed by atoms with Crippen molar-refractivity contribution in [3.63, 3.8) is 0 Å². The second kappa shape index (κ2) is 5.31. The molecule has 0 spiro atoms. The second-order valence-electron chi connectivity index (χ2n) is 3.87. The van der Waals surface area contributed by atoms with Gasteiger partial charge >= 0.3 is 6.18 Å². The molecule has 20 heavy (non-hydrogen) atoms. The summed E-state index contributed by atoms with van der Waals surface area (Å²) >= 11 is 17.5. The fourth-order valence-corrected chi connectivity index (χ4v) is 2.24. The Bertz CT molecular complexity index is 725. The van der Waals surface area contributed by atoms with Crippen molar-refractivity contribution in [3.8, 4) is 11.1 Å². The summed E-state index contributed by atoms with van der Waals surface area (Å²) in [5.41, 5.74) is -1.86. The van der Waals surface area contributed by atoms with Crippen molar-refractivity contribution in [1.29, 1.82) is 0 Å². The van der Waals surface area contributed by atoms with Gasteiger partial charge in [-0.25, -0.2) is 0 Å². The quantitative estimate of drug-likeness (QED) is 0.725. The van der Waals surface area contributed by atoms with Crippen LogP contribution in [0.4, 0.5) is 13.2 Å². The maximum Gasteiger partial charge on any atom is 0.431 e. The third-order valence-corrected chi connectivity index (χ3v) is 3.79. The lowest BCUT2D eigenvalue weighted by molar-refractivity contribution is -0.141. The molecule has 1 aromatic carbocycles. The van der Waals surface area contributed by atoms with Crippen LogP contribution in [0.3, 0.4) is 0 Å². The zero-order chi connectivity index (χ0) is 15.1. The first-order chi connectivity index (χ1) is 9.20. The summed E-state index contributed by atoms with van der Waals surface area (Å²) in [6.07, 6.45) is -4.67. The van der Waals surface area contributed by atoms with Crippen LogP contribution in [0.15, 0.2) is 29.1 Å². The highest BCUT2D eigenvalue weighted by Crippen LogP contribution is 2.38. The molecule has 2 rings (SSSR count). The Morgan fingerprint density at radius 2 is 1.65 bits per heavy atom. The van der Waals surface area contributed by atoms with Gasteiger partial charge in [0.1, 0.15) is 5.69 Å². The number of rotatable bonds is 1. The fraction of sp³-hybridized carbons (Fsp3) is 0.0833. The van der Waals surface area contributed by atoms with Crippen molar-refractivity contribution in [1.82, 2.24) is 4.98 Å². The molecule has 0 aliphatic carbocycles. The Morgan fingerprint density at radius 3 is 2.25 bits per heavy atom. The topological polar surface area (TPSA) is 32.9 Å². The summed E-state index contributed by atoms with van der Waals surface area (Å²) in [5.74, 6) is 0. The van der Waals surface area contributed by atoms with Gasteiger partial charge in [-0.3, -0.25) is 4.79 Å². The van der Waals surface area contributed by atoms with E-state index >= 15 is 0 Å². The Kier molecular flexibility index (Phi) is 4.04. The zero-order valence-electron chi connectivity index (χ0n) is 9.49.